The highest BCUT2D eigenvalue weighted by Crippen LogP contribution is 2.15. The smallest absolute Gasteiger partial charge is 0.314 e. The van der Waals surface area contributed by atoms with E-state index in [0.717, 1.165) is 19.3 Å². The number of hydrogen-bond acceptors (Lipinski definition) is 2. The number of unbranched alkanes of at least 4 members (excludes halogenated alkanes) is 14. The van der Waals surface area contributed by atoms with E-state index in [1.165, 1.54) is 77.0 Å². The van der Waals surface area contributed by atoms with Crippen molar-refractivity contribution in [1.29, 1.82) is 0 Å². The number of hydrogen-bond donors (Lipinski definition) is 1. The van der Waals surface area contributed by atoms with Gasteiger partial charge in [0.05, 0.1) is 0 Å². The molecule has 0 rings (SSSR count). The van der Waals surface area contributed by atoms with E-state index >= 15 is 0 Å². The summed E-state index contributed by atoms with van der Waals surface area (Å²) in [6.07, 6.45) is 19.9. The predicted octanol–water partition coefficient (Wildman–Crippen LogP) is 6.74. The van der Waals surface area contributed by atoms with Crippen LogP contribution in [0.4, 0.5) is 0 Å². The van der Waals surface area contributed by atoms with Crippen LogP contribution < -0.4 is 0 Å². The van der Waals surface area contributed by atoms with Crippen LogP contribution in [0, 0.1) is 12.8 Å². The summed E-state index contributed by atoms with van der Waals surface area (Å²) in [5.74, 6) is -2.08. The number of carboxylic acids is 1. The lowest BCUT2D eigenvalue weighted by Crippen LogP contribution is -2.22. The van der Waals surface area contributed by atoms with Crippen LogP contribution in [-0.4, -0.2) is 16.9 Å². The molecule has 0 saturated heterocycles. The van der Waals surface area contributed by atoms with Gasteiger partial charge in [0.1, 0.15) is 11.7 Å². The first-order valence-electron chi connectivity index (χ1n) is 10.7. The van der Waals surface area contributed by atoms with Gasteiger partial charge in [-0.15, -0.1) is 0 Å². The highest BCUT2D eigenvalue weighted by atomic mass is 16.4. The molecule has 0 aliphatic heterocycles. The van der Waals surface area contributed by atoms with Crippen molar-refractivity contribution in [3.63, 3.8) is 0 Å². The van der Waals surface area contributed by atoms with Crippen LogP contribution in [0.1, 0.15) is 116 Å². The van der Waals surface area contributed by atoms with Gasteiger partial charge in [-0.05, 0) is 12.8 Å². The van der Waals surface area contributed by atoms with Crippen LogP contribution in [0.5, 0.6) is 0 Å². The molecule has 1 N–H and O–H groups in total. The summed E-state index contributed by atoms with van der Waals surface area (Å²) >= 11 is 0. The second-order valence-electron chi connectivity index (χ2n) is 7.35. The van der Waals surface area contributed by atoms with Crippen molar-refractivity contribution in [3.05, 3.63) is 6.92 Å². The highest BCUT2D eigenvalue weighted by molar-refractivity contribution is 5.98. The molecular formula is C22H41O3. The van der Waals surface area contributed by atoms with Crippen LogP contribution in [-0.2, 0) is 9.59 Å². The van der Waals surface area contributed by atoms with Gasteiger partial charge in [0.2, 0.25) is 0 Å². The Bertz CT molecular complexity index is 325. The SMILES string of the molecule is [CH2]CC(C(=O)O)C(=O)CCCCCCCCCCCCCCCCC. The minimum atomic E-state index is -1.03. The molecule has 0 spiro atoms. The fourth-order valence-electron chi connectivity index (χ4n) is 3.27. The summed E-state index contributed by atoms with van der Waals surface area (Å²) in [6.45, 7) is 5.81. The lowest BCUT2D eigenvalue weighted by Gasteiger charge is -2.08. The number of Topliss-reactive ketones (excluding diaryl/α,β-unsaturated/α-hetero) is 1. The fraction of sp³-hybridized carbons (Fsp3) is 0.864. The minimum absolute atomic E-state index is 0.155. The van der Waals surface area contributed by atoms with Crippen LogP contribution in [0.2, 0.25) is 0 Å². The lowest BCUT2D eigenvalue weighted by atomic mass is 9.96. The average molecular weight is 354 g/mol. The van der Waals surface area contributed by atoms with E-state index in [0.29, 0.717) is 6.42 Å². The van der Waals surface area contributed by atoms with Crippen LogP contribution in [0.3, 0.4) is 0 Å². The largest absolute Gasteiger partial charge is 0.481 e. The molecule has 0 amide bonds. The van der Waals surface area contributed by atoms with Crippen LogP contribution in [0.25, 0.3) is 0 Å². The minimum Gasteiger partial charge on any atom is -0.481 e. The molecule has 0 saturated carbocycles. The van der Waals surface area contributed by atoms with Gasteiger partial charge in [0.25, 0.3) is 0 Å². The predicted molar refractivity (Wildman–Crippen MR) is 106 cm³/mol. The maximum Gasteiger partial charge on any atom is 0.314 e. The molecule has 147 valence electrons. The molecule has 25 heavy (non-hydrogen) atoms. The summed E-state index contributed by atoms with van der Waals surface area (Å²) in [5.41, 5.74) is 0. The Morgan fingerprint density at radius 1 is 0.720 bits per heavy atom. The summed E-state index contributed by atoms with van der Waals surface area (Å²) in [5, 5.41) is 8.91. The second kappa shape index (κ2) is 17.9. The summed E-state index contributed by atoms with van der Waals surface area (Å²) in [6, 6.07) is 0. The molecule has 0 aromatic heterocycles. The lowest BCUT2D eigenvalue weighted by molar-refractivity contribution is -0.146. The molecule has 1 unspecified atom stereocenters. The van der Waals surface area contributed by atoms with E-state index in [1.54, 1.807) is 0 Å². The topological polar surface area (TPSA) is 54.4 Å². The van der Waals surface area contributed by atoms with Gasteiger partial charge in [0.15, 0.2) is 0 Å². The van der Waals surface area contributed by atoms with Crippen molar-refractivity contribution < 1.29 is 14.7 Å². The zero-order chi connectivity index (χ0) is 18.8. The summed E-state index contributed by atoms with van der Waals surface area (Å²) < 4.78 is 0. The molecule has 0 aromatic carbocycles. The molecule has 3 heteroatoms. The number of carboxylic acid groups (broad SMARTS) is 1. The number of aliphatic carboxylic acids is 1. The van der Waals surface area contributed by atoms with Crippen LogP contribution >= 0.6 is 0 Å². The van der Waals surface area contributed by atoms with E-state index in [1.807, 2.05) is 0 Å². The van der Waals surface area contributed by atoms with E-state index in [2.05, 4.69) is 13.8 Å². The molecule has 0 aliphatic carbocycles. The van der Waals surface area contributed by atoms with Gasteiger partial charge < -0.3 is 5.11 Å². The Morgan fingerprint density at radius 2 is 1.08 bits per heavy atom. The Kier molecular flexibility index (Phi) is 17.3. The third kappa shape index (κ3) is 15.1. The zero-order valence-electron chi connectivity index (χ0n) is 16.6. The van der Waals surface area contributed by atoms with E-state index < -0.39 is 11.9 Å². The van der Waals surface area contributed by atoms with Gasteiger partial charge in [-0.25, -0.2) is 0 Å². The average Bonchev–Trinajstić information content (AvgIpc) is 2.58. The number of rotatable bonds is 19. The standard InChI is InChI=1S/C22H41O3/c1-3-5-6-7-8-9-10-11-12-13-14-15-16-17-18-19-21(23)20(4-2)22(24)25/h20H,2-19H2,1H3,(H,24,25). The Labute approximate surface area is 156 Å². The molecule has 0 bridgehead atoms. The van der Waals surface area contributed by atoms with Crippen LogP contribution in [0.15, 0.2) is 0 Å². The Morgan fingerprint density at radius 3 is 1.40 bits per heavy atom. The molecule has 0 heterocycles. The van der Waals surface area contributed by atoms with Crippen molar-refractivity contribution in [3.8, 4) is 0 Å². The first-order chi connectivity index (χ1) is 12.1. The number of carbonyl (C=O) groups excluding carboxylic acids is 1. The molecule has 0 fully saturated rings. The van der Waals surface area contributed by atoms with Gasteiger partial charge in [-0.1, -0.05) is 104 Å². The van der Waals surface area contributed by atoms with Crippen molar-refractivity contribution in [2.75, 3.05) is 0 Å². The monoisotopic (exact) mass is 353 g/mol. The van der Waals surface area contributed by atoms with E-state index in [4.69, 9.17) is 5.11 Å². The first kappa shape index (κ1) is 24.1. The zero-order valence-corrected chi connectivity index (χ0v) is 16.6. The maximum atomic E-state index is 11.7. The summed E-state index contributed by atoms with van der Waals surface area (Å²) in [4.78, 5) is 22.6. The van der Waals surface area contributed by atoms with E-state index in [-0.39, 0.29) is 12.2 Å². The number of carbonyl (C=O) groups is 2. The molecule has 0 aromatic rings. The molecule has 1 radical (unpaired) electrons. The van der Waals surface area contributed by atoms with E-state index in [9.17, 15) is 9.59 Å². The first-order valence-corrected chi connectivity index (χ1v) is 10.7. The van der Waals surface area contributed by atoms with Gasteiger partial charge in [0, 0.05) is 6.42 Å². The molecule has 0 aliphatic rings. The highest BCUT2D eigenvalue weighted by Gasteiger charge is 2.22. The normalized spacial score (nSPS) is 12.2. The van der Waals surface area contributed by atoms with Gasteiger partial charge in [-0.3, -0.25) is 9.59 Å². The molecular weight excluding hydrogens is 312 g/mol. The van der Waals surface area contributed by atoms with Gasteiger partial charge >= 0.3 is 5.97 Å². The third-order valence-electron chi connectivity index (χ3n) is 5.00. The van der Waals surface area contributed by atoms with Crippen molar-refractivity contribution in [1.82, 2.24) is 0 Å². The van der Waals surface area contributed by atoms with Crippen molar-refractivity contribution in [2.45, 2.75) is 116 Å². The molecule has 1 atom stereocenters. The second-order valence-corrected chi connectivity index (χ2v) is 7.35. The van der Waals surface area contributed by atoms with Crippen molar-refractivity contribution in [2.24, 2.45) is 5.92 Å². The Balaban J connectivity index is 3.26. The maximum absolute atomic E-state index is 11.7. The summed E-state index contributed by atoms with van der Waals surface area (Å²) in [7, 11) is 0. The third-order valence-corrected chi connectivity index (χ3v) is 5.00. The van der Waals surface area contributed by atoms with Crippen molar-refractivity contribution >= 4 is 11.8 Å². The molecule has 3 nitrogen and oxygen atoms in total. The van der Waals surface area contributed by atoms with Gasteiger partial charge in [-0.2, -0.15) is 0 Å². The fourth-order valence-corrected chi connectivity index (χ4v) is 3.27. The Hall–Kier alpha value is -0.860. The number of ketones is 1. The quantitative estimate of drug-likeness (QED) is 0.206.